The zero-order valence-corrected chi connectivity index (χ0v) is 26.8. The first-order chi connectivity index (χ1) is 22.0. The van der Waals surface area contributed by atoms with E-state index in [0.29, 0.717) is 23.6 Å². The van der Waals surface area contributed by atoms with E-state index in [4.69, 9.17) is 4.74 Å². The molecule has 1 saturated heterocycles. The van der Waals surface area contributed by atoms with Crippen LogP contribution in [0, 0.1) is 26.7 Å². The minimum Gasteiger partial charge on any atom is -0.469 e. The Kier molecular flexibility index (Phi) is 10.4. The second kappa shape index (κ2) is 14.5. The van der Waals surface area contributed by atoms with Crippen LogP contribution in [-0.2, 0) is 6.18 Å². The normalized spacial score (nSPS) is 15.7. The highest BCUT2D eigenvalue weighted by Gasteiger charge is 2.33. The van der Waals surface area contributed by atoms with Crippen molar-refractivity contribution < 1.29 is 22.7 Å². The topological polar surface area (TPSA) is 67.3 Å². The van der Waals surface area contributed by atoms with E-state index in [1.54, 1.807) is 18.5 Å². The first-order valence-corrected chi connectivity index (χ1v) is 15.8. The molecule has 1 unspecified atom stereocenters. The summed E-state index contributed by atoms with van der Waals surface area (Å²) in [5.41, 5.74) is 5.56. The van der Waals surface area contributed by atoms with Gasteiger partial charge in [-0.2, -0.15) is 13.2 Å². The number of hydrogen-bond acceptors (Lipinski definition) is 5. The fourth-order valence-electron chi connectivity index (χ4n) is 6.37. The Morgan fingerprint density at radius 3 is 2.22 bits per heavy atom. The van der Waals surface area contributed by atoms with Gasteiger partial charge in [0.05, 0.1) is 5.56 Å². The van der Waals surface area contributed by atoms with Crippen molar-refractivity contribution in [2.24, 2.45) is 5.92 Å². The monoisotopic (exact) mass is 630 g/mol. The Labute approximate surface area is 269 Å². The number of amides is 1. The molecule has 1 amide bonds. The van der Waals surface area contributed by atoms with Crippen LogP contribution < -0.4 is 10.1 Å². The lowest BCUT2D eigenvalue weighted by molar-refractivity contribution is -0.137. The van der Waals surface area contributed by atoms with E-state index in [0.717, 1.165) is 72.4 Å². The molecule has 2 atom stereocenters. The lowest BCUT2D eigenvalue weighted by Crippen LogP contribution is -2.43. The number of alkyl halides is 3. The van der Waals surface area contributed by atoms with E-state index in [1.165, 1.54) is 12.1 Å². The van der Waals surface area contributed by atoms with Crippen LogP contribution in [-0.4, -0.2) is 46.5 Å². The molecule has 5 rings (SSSR count). The largest absolute Gasteiger partial charge is 0.469 e. The number of rotatable bonds is 10. The molecule has 242 valence electrons. The van der Waals surface area contributed by atoms with E-state index in [-0.39, 0.29) is 17.9 Å². The number of benzene rings is 2. The number of aryl methyl sites for hydroxylation is 3. The third kappa shape index (κ3) is 8.12. The summed E-state index contributed by atoms with van der Waals surface area (Å²) in [6, 6.07) is 19.1. The Hall–Kier alpha value is -4.24. The van der Waals surface area contributed by atoms with Crippen molar-refractivity contribution in [1.82, 2.24) is 20.2 Å². The molecule has 2 aromatic carbocycles. The highest BCUT2D eigenvalue weighted by atomic mass is 19.4. The molecule has 1 aliphatic heterocycles. The molecule has 0 aliphatic carbocycles. The maximum absolute atomic E-state index is 13.2. The quantitative estimate of drug-likeness (QED) is 0.192. The predicted molar refractivity (Wildman–Crippen MR) is 174 cm³/mol. The Morgan fingerprint density at radius 2 is 1.61 bits per heavy atom. The van der Waals surface area contributed by atoms with Crippen molar-refractivity contribution in [2.75, 3.05) is 19.6 Å². The average Bonchev–Trinajstić information content (AvgIpc) is 3.03. The first kappa shape index (κ1) is 33.1. The number of likely N-dealkylation sites (tertiary alicyclic amines) is 1. The standard InChI is InChI=1S/C37H41F3N4O2/c1-24-22-31(28-13-17-41-18-14-28)23-25(2)34(24)36(45)42-19-12-27(4)44-20-15-30(16-21-44)35(46-33-7-5-6-26(3)43-33)29-8-10-32(11-9-29)37(38,39)40/h5-11,13-14,17-18,22-23,27,30,35H,12,15-16,19-21H2,1-4H3,(H,42,45)/t27-,35?/m1/s1. The maximum Gasteiger partial charge on any atom is 0.416 e. The van der Waals surface area contributed by atoms with Crippen molar-refractivity contribution in [3.8, 4) is 17.0 Å². The Balaban J connectivity index is 1.17. The third-order valence-corrected chi connectivity index (χ3v) is 8.92. The van der Waals surface area contributed by atoms with Crippen LogP contribution in [0.2, 0.25) is 0 Å². The molecule has 6 nitrogen and oxygen atoms in total. The van der Waals surface area contributed by atoms with Gasteiger partial charge in [0.25, 0.3) is 5.91 Å². The van der Waals surface area contributed by atoms with Gasteiger partial charge >= 0.3 is 6.18 Å². The molecule has 0 bridgehead atoms. The van der Waals surface area contributed by atoms with Crippen LogP contribution in [0.4, 0.5) is 13.2 Å². The van der Waals surface area contributed by atoms with Gasteiger partial charge in [-0.05, 0) is 118 Å². The van der Waals surface area contributed by atoms with Crippen molar-refractivity contribution in [3.05, 3.63) is 113 Å². The maximum atomic E-state index is 13.2. The first-order valence-electron chi connectivity index (χ1n) is 15.8. The number of ether oxygens (including phenoxy) is 1. The van der Waals surface area contributed by atoms with Crippen LogP contribution in [0.1, 0.15) is 70.6 Å². The van der Waals surface area contributed by atoms with Crippen molar-refractivity contribution in [2.45, 2.75) is 65.3 Å². The lowest BCUT2D eigenvalue weighted by atomic mass is 9.86. The van der Waals surface area contributed by atoms with Gasteiger partial charge in [-0.3, -0.25) is 9.78 Å². The van der Waals surface area contributed by atoms with E-state index < -0.39 is 17.8 Å². The summed E-state index contributed by atoms with van der Waals surface area (Å²) in [6.07, 6.45) is 1.18. The number of pyridine rings is 2. The van der Waals surface area contributed by atoms with Crippen LogP contribution >= 0.6 is 0 Å². The minimum absolute atomic E-state index is 0.0662. The highest BCUT2D eigenvalue weighted by molar-refractivity contribution is 5.97. The van der Waals surface area contributed by atoms with Gasteiger partial charge in [-0.15, -0.1) is 0 Å². The van der Waals surface area contributed by atoms with E-state index in [2.05, 4.69) is 27.1 Å². The van der Waals surface area contributed by atoms with Gasteiger partial charge in [-0.25, -0.2) is 4.98 Å². The van der Waals surface area contributed by atoms with Gasteiger partial charge in [0.15, 0.2) is 0 Å². The Morgan fingerprint density at radius 1 is 0.957 bits per heavy atom. The molecule has 1 fully saturated rings. The zero-order valence-electron chi connectivity index (χ0n) is 26.8. The molecule has 0 radical (unpaired) electrons. The second-order valence-corrected chi connectivity index (χ2v) is 12.3. The molecule has 4 aromatic rings. The number of aromatic nitrogens is 2. The molecule has 46 heavy (non-hydrogen) atoms. The van der Waals surface area contributed by atoms with Crippen LogP contribution in [0.15, 0.2) is 79.1 Å². The van der Waals surface area contributed by atoms with Crippen LogP contribution in [0.5, 0.6) is 5.88 Å². The summed E-state index contributed by atoms with van der Waals surface area (Å²) in [7, 11) is 0. The fourth-order valence-corrected chi connectivity index (χ4v) is 6.37. The number of carbonyl (C=O) groups is 1. The molecule has 2 aromatic heterocycles. The van der Waals surface area contributed by atoms with Gasteiger partial charge in [0, 0.05) is 48.2 Å². The van der Waals surface area contributed by atoms with E-state index >= 15 is 0 Å². The van der Waals surface area contributed by atoms with Gasteiger partial charge < -0.3 is 15.0 Å². The number of hydrogen-bond donors (Lipinski definition) is 1. The average molecular weight is 631 g/mol. The minimum atomic E-state index is -4.39. The number of nitrogens with zero attached hydrogens (tertiary/aromatic N) is 3. The van der Waals surface area contributed by atoms with Crippen molar-refractivity contribution >= 4 is 5.91 Å². The number of piperidine rings is 1. The molecular weight excluding hydrogens is 589 g/mol. The lowest BCUT2D eigenvalue weighted by Gasteiger charge is -2.39. The van der Waals surface area contributed by atoms with Crippen LogP contribution in [0.3, 0.4) is 0 Å². The van der Waals surface area contributed by atoms with Gasteiger partial charge in [0.2, 0.25) is 5.88 Å². The molecule has 3 heterocycles. The van der Waals surface area contributed by atoms with Crippen molar-refractivity contribution in [1.29, 1.82) is 0 Å². The summed E-state index contributed by atoms with van der Waals surface area (Å²) < 4.78 is 46.1. The molecule has 1 N–H and O–H groups in total. The summed E-state index contributed by atoms with van der Waals surface area (Å²) in [4.78, 5) is 24.2. The van der Waals surface area contributed by atoms with Gasteiger partial charge in [0.1, 0.15) is 6.10 Å². The number of carbonyl (C=O) groups excluding carboxylic acids is 1. The number of halogens is 3. The smallest absolute Gasteiger partial charge is 0.416 e. The summed E-state index contributed by atoms with van der Waals surface area (Å²) in [5, 5.41) is 3.12. The highest BCUT2D eigenvalue weighted by Crippen LogP contribution is 2.37. The predicted octanol–water partition coefficient (Wildman–Crippen LogP) is 8.13. The van der Waals surface area contributed by atoms with Crippen LogP contribution in [0.25, 0.3) is 11.1 Å². The SMILES string of the molecule is Cc1cccc(OC(c2ccc(C(F)(F)F)cc2)C2CCN([C@H](C)CCNC(=O)c3c(C)cc(-c4ccncc4)cc3C)CC2)n1. The molecule has 0 saturated carbocycles. The van der Waals surface area contributed by atoms with E-state index in [1.807, 2.05) is 57.2 Å². The molecule has 1 aliphatic rings. The fraction of sp³-hybridized carbons (Fsp3) is 0.378. The zero-order chi connectivity index (χ0) is 32.8. The van der Waals surface area contributed by atoms with Gasteiger partial charge in [-0.1, -0.05) is 30.3 Å². The molecule has 0 spiro atoms. The van der Waals surface area contributed by atoms with Crippen molar-refractivity contribution in [3.63, 3.8) is 0 Å². The third-order valence-electron chi connectivity index (χ3n) is 8.92. The summed E-state index contributed by atoms with van der Waals surface area (Å²) >= 11 is 0. The van der Waals surface area contributed by atoms with E-state index in [9.17, 15) is 18.0 Å². The summed E-state index contributed by atoms with van der Waals surface area (Å²) in [6.45, 7) is 10.2. The number of nitrogens with one attached hydrogen (secondary N) is 1. The molecule has 9 heteroatoms. The summed E-state index contributed by atoms with van der Waals surface area (Å²) in [5.74, 6) is 0.515. The second-order valence-electron chi connectivity index (χ2n) is 12.3. The molecular formula is C37H41F3N4O2. The Bertz CT molecular complexity index is 1600.